The third kappa shape index (κ3) is 3.39. The predicted molar refractivity (Wildman–Crippen MR) is 65.6 cm³/mol. The van der Waals surface area contributed by atoms with Gasteiger partial charge < -0.3 is 9.47 Å². The minimum absolute atomic E-state index is 0.00289. The molecule has 1 heterocycles. The summed E-state index contributed by atoms with van der Waals surface area (Å²) in [5.74, 6) is -0.353. The molecule has 0 N–H and O–H groups in total. The van der Waals surface area contributed by atoms with Crippen LogP contribution in [0.25, 0.3) is 0 Å². The summed E-state index contributed by atoms with van der Waals surface area (Å²) in [6, 6.07) is 1.36. The fourth-order valence-electron chi connectivity index (χ4n) is 2.07. The van der Waals surface area contributed by atoms with Crippen LogP contribution in [0.15, 0.2) is 16.7 Å². The molecule has 0 spiro atoms. The Labute approximate surface area is 108 Å². The zero-order valence-corrected chi connectivity index (χ0v) is 11.2. The van der Waals surface area contributed by atoms with E-state index in [0.717, 1.165) is 25.7 Å². The molecule has 17 heavy (non-hydrogen) atoms. The number of pyridine rings is 1. The number of nitrogens with zero attached hydrogens (tertiary/aromatic N) is 1. The number of halogens is 2. The van der Waals surface area contributed by atoms with Crippen molar-refractivity contribution in [3.8, 4) is 5.88 Å². The lowest BCUT2D eigenvalue weighted by Gasteiger charge is -2.28. The molecule has 0 bridgehead atoms. The molecular formula is C12H15BrFNO2. The van der Waals surface area contributed by atoms with Crippen molar-refractivity contribution < 1.29 is 13.9 Å². The van der Waals surface area contributed by atoms with Crippen molar-refractivity contribution >= 4 is 15.9 Å². The van der Waals surface area contributed by atoms with Gasteiger partial charge in [-0.2, -0.15) is 0 Å². The van der Waals surface area contributed by atoms with Crippen molar-refractivity contribution in [1.82, 2.24) is 4.98 Å². The molecule has 3 nitrogen and oxygen atoms in total. The van der Waals surface area contributed by atoms with Crippen LogP contribution in [0.5, 0.6) is 5.88 Å². The lowest BCUT2D eigenvalue weighted by molar-refractivity contribution is 0.0181. The highest BCUT2D eigenvalue weighted by atomic mass is 79.9. The fourth-order valence-corrected chi connectivity index (χ4v) is 2.37. The van der Waals surface area contributed by atoms with Gasteiger partial charge in [0, 0.05) is 24.2 Å². The highest BCUT2D eigenvalue weighted by Crippen LogP contribution is 2.26. The molecular weight excluding hydrogens is 289 g/mol. The average molecular weight is 304 g/mol. The van der Waals surface area contributed by atoms with Gasteiger partial charge in [0.25, 0.3) is 5.88 Å². The molecule has 5 heteroatoms. The van der Waals surface area contributed by atoms with Crippen molar-refractivity contribution in [3.63, 3.8) is 0 Å². The van der Waals surface area contributed by atoms with Gasteiger partial charge in [-0.15, -0.1) is 0 Å². The normalized spacial score (nSPS) is 24.6. The molecule has 0 saturated heterocycles. The lowest BCUT2D eigenvalue weighted by Crippen LogP contribution is -2.30. The number of hydrogen-bond acceptors (Lipinski definition) is 3. The monoisotopic (exact) mass is 303 g/mol. The van der Waals surface area contributed by atoms with Crippen LogP contribution in [-0.4, -0.2) is 24.3 Å². The van der Waals surface area contributed by atoms with Crippen LogP contribution in [0.1, 0.15) is 25.7 Å². The van der Waals surface area contributed by atoms with Crippen LogP contribution in [0, 0.1) is 5.82 Å². The summed E-state index contributed by atoms with van der Waals surface area (Å²) < 4.78 is 25.0. The Morgan fingerprint density at radius 1 is 1.41 bits per heavy atom. The number of methoxy groups -OCH3 is 1. The molecule has 1 aromatic rings. The molecule has 0 aliphatic heterocycles. The van der Waals surface area contributed by atoms with Gasteiger partial charge in [0.15, 0.2) is 5.82 Å². The number of aromatic nitrogens is 1. The topological polar surface area (TPSA) is 31.4 Å². The summed E-state index contributed by atoms with van der Waals surface area (Å²) in [5, 5.41) is 0. The minimum Gasteiger partial charge on any atom is -0.472 e. The first-order valence-electron chi connectivity index (χ1n) is 5.69. The van der Waals surface area contributed by atoms with Gasteiger partial charge in [-0.25, -0.2) is 9.37 Å². The second-order valence-corrected chi connectivity index (χ2v) is 5.12. The molecule has 2 unspecified atom stereocenters. The summed E-state index contributed by atoms with van der Waals surface area (Å²) in [5.41, 5.74) is 0. The molecule has 1 saturated carbocycles. The SMILES string of the molecule is COC1CCCC(Oc2ncc(Br)cc2F)C1. The molecule has 0 amide bonds. The molecule has 1 fully saturated rings. The standard InChI is InChI=1S/C12H15BrFNO2/c1-16-9-3-2-4-10(6-9)17-12-11(14)5-8(13)7-15-12/h5,7,9-10H,2-4,6H2,1H3. The van der Waals surface area contributed by atoms with Crippen molar-refractivity contribution in [2.24, 2.45) is 0 Å². The predicted octanol–water partition coefficient (Wildman–Crippen LogP) is 3.32. The molecule has 94 valence electrons. The Morgan fingerprint density at radius 2 is 2.18 bits per heavy atom. The van der Waals surface area contributed by atoms with E-state index in [1.165, 1.54) is 12.3 Å². The summed E-state index contributed by atoms with van der Waals surface area (Å²) in [7, 11) is 1.70. The Hall–Kier alpha value is -0.680. The highest BCUT2D eigenvalue weighted by molar-refractivity contribution is 9.10. The minimum atomic E-state index is -0.432. The van der Waals surface area contributed by atoms with Gasteiger partial charge in [0.2, 0.25) is 0 Å². The third-order valence-corrected chi connectivity index (χ3v) is 3.40. The van der Waals surface area contributed by atoms with E-state index in [4.69, 9.17) is 9.47 Å². The maximum absolute atomic E-state index is 13.5. The van der Waals surface area contributed by atoms with Crippen molar-refractivity contribution in [2.45, 2.75) is 37.9 Å². The molecule has 2 atom stereocenters. The fraction of sp³-hybridized carbons (Fsp3) is 0.583. The van der Waals surface area contributed by atoms with E-state index in [-0.39, 0.29) is 18.1 Å². The van der Waals surface area contributed by atoms with Crippen LogP contribution >= 0.6 is 15.9 Å². The number of rotatable bonds is 3. The van der Waals surface area contributed by atoms with Crippen LogP contribution < -0.4 is 4.74 Å². The van der Waals surface area contributed by atoms with E-state index in [2.05, 4.69) is 20.9 Å². The van der Waals surface area contributed by atoms with Crippen molar-refractivity contribution in [2.75, 3.05) is 7.11 Å². The first-order valence-corrected chi connectivity index (χ1v) is 6.49. The van der Waals surface area contributed by atoms with Crippen LogP contribution in [0.4, 0.5) is 4.39 Å². The average Bonchev–Trinajstić information content (AvgIpc) is 2.33. The first kappa shape index (κ1) is 12.8. The van der Waals surface area contributed by atoms with Crippen molar-refractivity contribution in [1.29, 1.82) is 0 Å². The summed E-state index contributed by atoms with van der Waals surface area (Å²) >= 11 is 3.16. The number of hydrogen-bond donors (Lipinski definition) is 0. The van der Waals surface area contributed by atoms with Crippen LogP contribution in [0.2, 0.25) is 0 Å². The summed E-state index contributed by atoms with van der Waals surface area (Å²) in [6.07, 6.45) is 5.57. The quantitative estimate of drug-likeness (QED) is 0.858. The molecule has 1 aliphatic carbocycles. The molecule has 0 radical (unpaired) electrons. The van der Waals surface area contributed by atoms with Crippen LogP contribution in [-0.2, 0) is 4.74 Å². The second-order valence-electron chi connectivity index (χ2n) is 4.20. The maximum Gasteiger partial charge on any atom is 0.250 e. The van der Waals surface area contributed by atoms with Gasteiger partial charge >= 0.3 is 0 Å². The van der Waals surface area contributed by atoms with E-state index in [1.807, 2.05) is 0 Å². The van der Waals surface area contributed by atoms with Gasteiger partial charge in [0.1, 0.15) is 6.10 Å². The second kappa shape index (κ2) is 5.78. The zero-order valence-electron chi connectivity index (χ0n) is 9.66. The van der Waals surface area contributed by atoms with Gasteiger partial charge in [-0.3, -0.25) is 0 Å². The lowest BCUT2D eigenvalue weighted by atomic mass is 9.95. The first-order chi connectivity index (χ1) is 8.19. The van der Waals surface area contributed by atoms with E-state index in [0.29, 0.717) is 4.47 Å². The molecule has 1 aliphatic rings. The highest BCUT2D eigenvalue weighted by Gasteiger charge is 2.24. The summed E-state index contributed by atoms with van der Waals surface area (Å²) in [6.45, 7) is 0. The Balaban J connectivity index is 2.00. The smallest absolute Gasteiger partial charge is 0.250 e. The van der Waals surface area contributed by atoms with Gasteiger partial charge in [-0.05, 0) is 41.3 Å². The van der Waals surface area contributed by atoms with Crippen LogP contribution in [0.3, 0.4) is 0 Å². The number of ether oxygens (including phenoxy) is 2. The molecule has 1 aromatic heterocycles. The Kier molecular flexibility index (Phi) is 4.34. The van der Waals surface area contributed by atoms with Crippen molar-refractivity contribution in [3.05, 3.63) is 22.6 Å². The Morgan fingerprint density at radius 3 is 2.88 bits per heavy atom. The zero-order chi connectivity index (χ0) is 12.3. The Bertz CT molecular complexity index is 389. The summed E-state index contributed by atoms with van der Waals surface area (Å²) in [4.78, 5) is 3.94. The maximum atomic E-state index is 13.5. The van der Waals surface area contributed by atoms with E-state index in [1.54, 1.807) is 7.11 Å². The van der Waals surface area contributed by atoms with E-state index >= 15 is 0 Å². The van der Waals surface area contributed by atoms with E-state index in [9.17, 15) is 4.39 Å². The molecule has 2 rings (SSSR count). The van der Waals surface area contributed by atoms with Gasteiger partial charge in [-0.1, -0.05) is 0 Å². The largest absolute Gasteiger partial charge is 0.472 e. The molecule has 0 aromatic carbocycles. The van der Waals surface area contributed by atoms with Gasteiger partial charge in [0.05, 0.1) is 6.10 Å². The van der Waals surface area contributed by atoms with E-state index < -0.39 is 5.82 Å². The third-order valence-electron chi connectivity index (χ3n) is 2.96.